The number of hydrogen-bond acceptors (Lipinski definition) is 2. The predicted molar refractivity (Wildman–Crippen MR) is 55.8 cm³/mol. The van der Waals surface area contributed by atoms with Gasteiger partial charge in [0.05, 0.1) is 12.1 Å². The average molecular weight is 208 g/mol. The second kappa shape index (κ2) is 4.04. The number of carbonyl (C=O) groups is 1. The van der Waals surface area contributed by atoms with Crippen LogP contribution in [-0.4, -0.2) is 20.9 Å². The van der Waals surface area contributed by atoms with Crippen LogP contribution in [0.4, 0.5) is 0 Å². The summed E-state index contributed by atoms with van der Waals surface area (Å²) in [7, 11) is 0. The van der Waals surface area contributed by atoms with Crippen LogP contribution in [0.5, 0.6) is 0 Å². The Bertz CT molecular complexity index is 367. The van der Waals surface area contributed by atoms with Crippen LogP contribution in [0.2, 0.25) is 0 Å². The van der Waals surface area contributed by atoms with Crippen molar-refractivity contribution in [3.05, 3.63) is 17.5 Å². The first kappa shape index (κ1) is 10.2. The molecule has 0 radical (unpaired) electrons. The van der Waals surface area contributed by atoms with E-state index in [0.29, 0.717) is 11.6 Å². The molecule has 1 aromatic heterocycles. The maximum absolute atomic E-state index is 10.6. The number of rotatable bonds is 4. The quantitative estimate of drug-likeness (QED) is 0.820. The molecule has 4 nitrogen and oxygen atoms in total. The highest BCUT2D eigenvalue weighted by Crippen LogP contribution is 2.36. The van der Waals surface area contributed by atoms with Crippen LogP contribution in [-0.2, 0) is 17.8 Å². The van der Waals surface area contributed by atoms with Crippen LogP contribution in [0.15, 0.2) is 6.07 Å². The summed E-state index contributed by atoms with van der Waals surface area (Å²) >= 11 is 0. The molecule has 1 aliphatic carbocycles. The van der Waals surface area contributed by atoms with Crippen molar-refractivity contribution in [1.82, 2.24) is 9.78 Å². The molecule has 82 valence electrons. The number of nitrogens with zero attached hydrogens (tertiary/aromatic N) is 2. The molecule has 2 rings (SSSR count). The van der Waals surface area contributed by atoms with Gasteiger partial charge in [-0.1, -0.05) is 6.42 Å². The molecule has 1 N–H and O–H groups in total. The van der Waals surface area contributed by atoms with Crippen molar-refractivity contribution in [2.45, 2.75) is 45.1 Å². The standard InChI is InChI=1S/C11H16N2O2/c1-2-13-10(8-4-3-5-8)6-9(12-13)7-11(14)15/h6,8H,2-5,7H2,1H3,(H,14,15). The van der Waals surface area contributed by atoms with E-state index in [9.17, 15) is 4.79 Å². The first-order valence-electron chi connectivity index (χ1n) is 5.49. The van der Waals surface area contributed by atoms with Gasteiger partial charge in [0.15, 0.2) is 0 Å². The van der Waals surface area contributed by atoms with Crippen molar-refractivity contribution in [1.29, 1.82) is 0 Å². The number of aromatic nitrogens is 2. The number of carboxylic acids is 1. The van der Waals surface area contributed by atoms with E-state index in [2.05, 4.69) is 5.10 Å². The molecule has 1 heterocycles. The Balaban J connectivity index is 2.20. The molecule has 1 saturated carbocycles. The molecule has 1 aliphatic rings. The zero-order valence-electron chi connectivity index (χ0n) is 8.94. The van der Waals surface area contributed by atoms with E-state index >= 15 is 0 Å². The largest absolute Gasteiger partial charge is 0.481 e. The lowest BCUT2D eigenvalue weighted by Crippen LogP contribution is -2.14. The topological polar surface area (TPSA) is 55.1 Å². The number of hydrogen-bond donors (Lipinski definition) is 1. The lowest BCUT2D eigenvalue weighted by molar-refractivity contribution is -0.136. The Labute approximate surface area is 88.9 Å². The second-order valence-electron chi connectivity index (χ2n) is 4.07. The van der Waals surface area contributed by atoms with Crippen LogP contribution in [0.25, 0.3) is 0 Å². The van der Waals surface area contributed by atoms with Crippen molar-refractivity contribution in [3.63, 3.8) is 0 Å². The number of aliphatic carboxylic acids is 1. The Morgan fingerprint density at radius 3 is 2.87 bits per heavy atom. The van der Waals surface area contributed by atoms with E-state index in [0.717, 1.165) is 6.54 Å². The second-order valence-corrected chi connectivity index (χ2v) is 4.07. The molecule has 1 fully saturated rings. The average Bonchev–Trinajstić information content (AvgIpc) is 2.43. The van der Waals surface area contributed by atoms with Gasteiger partial charge in [-0.2, -0.15) is 5.10 Å². The summed E-state index contributed by atoms with van der Waals surface area (Å²) in [5.41, 5.74) is 1.91. The van der Waals surface area contributed by atoms with E-state index in [1.165, 1.54) is 25.0 Å². The van der Waals surface area contributed by atoms with Gasteiger partial charge < -0.3 is 5.11 Å². The summed E-state index contributed by atoms with van der Waals surface area (Å²) in [6.45, 7) is 2.87. The van der Waals surface area contributed by atoms with Gasteiger partial charge in [0, 0.05) is 18.2 Å². The fourth-order valence-electron chi connectivity index (χ4n) is 2.01. The first-order valence-corrected chi connectivity index (χ1v) is 5.49. The maximum atomic E-state index is 10.6. The summed E-state index contributed by atoms with van der Waals surface area (Å²) in [5, 5.41) is 13.0. The van der Waals surface area contributed by atoms with Crippen molar-refractivity contribution in [2.24, 2.45) is 0 Å². The lowest BCUT2D eigenvalue weighted by Gasteiger charge is -2.25. The van der Waals surface area contributed by atoms with Gasteiger partial charge in [0.1, 0.15) is 0 Å². The van der Waals surface area contributed by atoms with E-state index in [-0.39, 0.29) is 6.42 Å². The number of aryl methyl sites for hydroxylation is 1. The van der Waals surface area contributed by atoms with Crippen molar-refractivity contribution >= 4 is 5.97 Å². The Hall–Kier alpha value is -1.32. The minimum atomic E-state index is -0.809. The summed E-state index contributed by atoms with van der Waals surface area (Å²) in [5.74, 6) is -0.198. The van der Waals surface area contributed by atoms with E-state index < -0.39 is 5.97 Å². The molecule has 0 bridgehead atoms. The minimum Gasteiger partial charge on any atom is -0.481 e. The van der Waals surface area contributed by atoms with Gasteiger partial charge >= 0.3 is 5.97 Å². The van der Waals surface area contributed by atoms with Gasteiger partial charge in [-0.15, -0.1) is 0 Å². The normalized spacial score (nSPS) is 16.3. The van der Waals surface area contributed by atoms with Gasteiger partial charge in [0.2, 0.25) is 0 Å². The maximum Gasteiger partial charge on any atom is 0.309 e. The summed E-state index contributed by atoms with van der Waals surface area (Å²) in [4.78, 5) is 10.6. The molecule has 0 aromatic carbocycles. The molecule has 0 spiro atoms. The molecule has 0 saturated heterocycles. The third-order valence-electron chi connectivity index (χ3n) is 3.02. The fourth-order valence-corrected chi connectivity index (χ4v) is 2.01. The molecule has 0 amide bonds. The zero-order valence-corrected chi connectivity index (χ0v) is 8.94. The van der Waals surface area contributed by atoms with E-state index in [1.807, 2.05) is 17.7 Å². The highest BCUT2D eigenvalue weighted by atomic mass is 16.4. The van der Waals surface area contributed by atoms with E-state index in [4.69, 9.17) is 5.11 Å². The minimum absolute atomic E-state index is 0.0344. The highest BCUT2D eigenvalue weighted by Gasteiger charge is 2.24. The smallest absolute Gasteiger partial charge is 0.309 e. The van der Waals surface area contributed by atoms with Crippen molar-refractivity contribution in [2.75, 3.05) is 0 Å². The first-order chi connectivity index (χ1) is 7.20. The predicted octanol–water partition coefficient (Wildman–Crippen LogP) is 1.80. The van der Waals surface area contributed by atoms with E-state index in [1.54, 1.807) is 0 Å². The summed E-state index contributed by atoms with van der Waals surface area (Å²) in [6, 6.07) is 1.96. The van der Waals surface area contributed by atoms with Gasteiger partial charge in [-0.25, -0.2) is 0 Å². The summed E-state index contributed by atoms with van der Waals surface area (Å²) in [6.07, 6.45) is 3.76. The van der Waals surface area contributed by atoms with Gasteiger partial charge in [-0.05, 0) is 25.8 Å². The Kier molecular flexibility index (Phi) is 2.75. The molecule has 15 heavy (non-hydrogen) atoms. The molecule has 0 aliphatic heterocycles. The van der Waals surface area contributed by atoms with Crippen LogP contribution in [0.3, 0.4) is 0 Å². The van der Waals surface area contributed by atoms with Crippen LogP contribution >= 0.6 is 0 Å². The Morgan fingerprint density at radius 2 is 2.40 bits per heavy atom. The fraction of sp³-hybridized carbons (Fsp3) is 0.636. The lowest BCUT2D eigenvalue weighted by atomic mass is 9.83. The molecule has 1 aromatic rings. The van der Waals surface area contributed by atoms with Crippen molar-refractivity contribution < 1.29 is 9.90 Å². The Morgan fingerprint density at radius 1 is 1.67 bits per heavy atom. The molecular formula is C11H16N2O2. The summed E-state index contributed by atoms with van der Waals surface area (Å²) < 4.78 is 1.95. The molecule has 0 atom stereocenters. The SMILES string of the molecule is CCn1nc(CC(=O)O)cc1C1CCC1. The highest BCUT2D eigenvalue weighted by molar-refractivity contribution is 5.69. The van der Waals surface area contributed by atoms with Gasteiger partial charge in [0.25, 0.3) is 0 Å². The molecule has 0 unspecified atom stereocenters. The number of carboxylic acid groups (broad SMARTS) is 1. The third kappa shape index (κ3) is 2.03. The van der Waals surface area contributed by atoms with Gasteiger partial charge in [-0.3, -0.25) is 9.48 Å². The van der Waals surface area contributed by atoms with Crippen LogP contribution in [0, 0.1) is 0 Å². The van der Waals surface area contributed by atoms with Crippen LogP contribution in [0.1, 0.15) is 43.5 Å². The molecular weight excluding hydrogens is 192 g/mol. The third-order valence-corrected chi connectivity index (χ3v) is 3.02. The zero-order chi connectivity index (χ0) is 10.8. The molecule has 4 heteroatoms. The van der Waals surface area contributed by atoms with Crippen LogP contribution < -0.4 is 0 Å². The monoisotopic (exact) mass is 208 g/mol. The van der Waals surface area contributed by atoms with Crippen molar-refractivity contribution in [3.8, 4) is 0 Å².